The number of carboxylic acids is 1. The van der Waals surface area contributed by atoms with Gasteiger partial charge in [-0.25, -0.2) is 4.79 Å². The number of aliphatic carboxylic acids is 1. The molecular formula is C13H24N2O4. The number of carbonyl (C=O) groups excluding carboxylic acids is 1. The van der Waals surface area contributed by atoms with Gasteiger partial charge in [-0.2, -0.15) is 0 Å². The third-order valence-electron chi connectivity index (χ3n) is 3.46. The summed E-state index contributed by atoms with van der Waals surface area (Å²) in [5, 5.41) is 14.5. The highest BCUT2D eigenvalue weighted by atomic mass is 16.5. The van der Waals surface area contributed by atoms with Gasteiger partial charge in [0.2, 0.25) is 0 Å². The number of nitrogens with one attached hydrogen (secondary N) is 2. The van der Waals surface area contributed by atoms with Crippen molar-refractivity contribution < 1.29 is 19.4 Å². The molecule has 0 aromatic heterocycles. The molecule has 1 saturated heterocycles. The predicted octanol–water partition coefficient (Wildman–Crippen LogP) is 1.21. The highest BCUT2D eigenvalue weighted by Gasteiger charge is 2.30. The maximum absolute atomic E-state index is 11.8. The lowest BCUT2D eigenvalue weighted by atomic mass is 9.95. The predicted molar refractivity (Wildman–Crippen MR) is 71.0 cm³/mol. The van der Waals surface area contributed by atoms with Crippen molar-refractivity contribution in [2.45, 2.75) is 39.2 Å². The fourth-order valence-corrected chi connectivity index (χ4v) is 2.16. The van der Waals surface area contributed by atoms with E-state index in [0.717, 1.165) is 19.4 Å². The number of ether oxygens (including phenoxy) is 1. The number of carboxylic acid groups (broad SMARTS) is 1. The number of hydrogen-bond donors (Lipinski definition) is 3. The van der Waals surface area contributed by atoms with Crippen molar-refractivity contribution in [1.82, 2.24) is 10.6 Å². The van der Waals surface area contributed by atoms with Gasteiger partial charge < -0.3 is 20.5 Å². The zero-order valence-corrected chi connectivity index (χ0v) is 11.9. The van der Waals surface area contributed by atoms with Crippen LogP contribution in [0.3, 0.4) is 0 Å². The fraction of sp³-hybridized carbons (Fsp3) is 0.846. The van der Waals surface area contributed by atoms with Gasteiger partial charge in [-0.1, -0.05) is 13.8 Å². The van der Waals surface area contributed by atoms with E-state index in [1.807, 2.05) is 20.8 Å². The van der Waals surface area contributed by atoms with Crippen LogP contribution in [0.4, 0.5) is 4.79 Å². The van der Waals surface area contributed by atoms with Gasteiger partial charge in [0.05, 0.1) is 18.1 Å². The molecule has 0 aromatic rings. The van der Waals surface area contributed by atoms with E-state index in [-0.39, 0.29) is 24.0 Å². The van der Waals surface area contributed by atoms with Gasteiger partial charge in [-0.05, 0) is 25.7 Å². The van der Waals surface area contributed by atoms with Crippen LogP contribution >= 0.6 is 0 Å². The lowest BCUT2D eigenvalue weighted by molar-refractivity contribution is -0.142. The fourth-order valence-electron chi connectivity index (χ4n) is 2.16. The van der Waals surface area contributed by atoms with E-state index in [1.165, 1.54) is 0 Å². The van der Waals surface area contributed by atoms with E-state index in [0.29, 0.717) is 6.61 Å². The van der Waals surface area contributed by atoms with Crippen LogP contribution < -0.4 is 10.6 Å². The van der Waals surface area contributed by atoms with Crippen LogP contribution in [0.1, 0.15) is 33.6 Å². The Bertz CT molecular complexity index is 325. The maximum atomic E-state index is 11.8. The maximum Gasteiger partial charge on any atom is 0.315 e. The van der Waals surface area contributed by atoms with Crippen LogP contribution in [0.25, 0.3) is 0 Å². The number of urea groups is 1. The summed E-state index contributed by atoms with van der Waals surface area (Å²) < 4.78 is 5.35. The Kier molecular flexibility index (Phi) is 5.60. The molecule has 6 nitrogen and oxygen atoms in total. The van der Waals surface area contributed by atoms with Crippen molar-refractivity contribution in [2.75, 3.05) is 19.8 Å². The van der Waals surface area contributed by atoms with Gasteiger partial charge in [0.15, 0.2) is 0 Å². The Morgan fingerprint density at radius 1 is 1.42 bits per heavy atom. The molecule has 0 spiro atoms. The normalized spacial score (nSPS) is 24.8. The Balaban J connectivity index is 2.40. The quantitative estimate of drug-likeness (QED) is 0.702. The van der Waals surface area contributed by atoms with Crippen molar-refractivity contribution in [3.63, 3.8) is 0 Å². The molecule has 6 heteroatoms. The topological polar surface area (TPSA) is 87.7 Å². The number of rotatable bonds is 5. The molecule has 2 atom stereocenters. The van der Waals surface area contributed by atoms with E-state index in [9.17, 15) is 9.59 Å². The lowest BCUT2D eigenvalue weighted by Gasteiger charge is -2.34. The zero-order chi connectivity index (χ0) is 14.5. The molecule has 1 aliphatic heterocycles. The van der Waals surface area contributed by atoms with Gasteiger partial charge in [-0.3, -0.25) is 4.79 Å². The Morgan fingerprint density at radius 3 is 2.58 bits per heavy atom. The first-order valence-electron chi connectivity index (χ1n) is 6.70. The summed E-state index contributed by atoms with van der Waals surface area (Å²) in [6.07, 6.45) is 1.79. The second-order valence-corrected chi connectivity index (χ2v) is 5.74. The largest absolute Gasteiger partial charge is 0.481 e. The molecule has 2 unspecified atom stereocenters. The summed E-state index contributed by atoms with van der Waals surface area (Å²) >= 11 is 0. The molecule has 1 fully saturated rings. The van der Waals surface area contributed by atoms with E-state index in [2.05, 4.69) is 10.6 Å². The first-order chi connectivity index (χ1) is 8.84. The highest BCUT2D eigenvalue weighted by molar-refractivity contribution is 5.76. The van der Waals surface area contributed by atoms with E-state index in [4.69, 9.17) is 9.84 Å². The molecule has 0 aromatic carbocycles. The monoisotopic (exact) mass is 272 g/mol. The Labute approximate surface area is 113 Å². The van der Waals surface area contributed by atoms with Gasteiger partial charge in [0.25, 0.3) is 0 Å². The molecule has 0 saturated carbocycles. The third-order valence-corrected chi connectivity index (χ3v) is 3.46. The summed E-state index contributed by atoms with van der Waals surface area (Å²) in [5.74, 6) is -1.48. The number of hydrogen-bond acceptors (Lipinski definition) is 3. The summed E-state index contributed by atoms with van der Waals surface area (Å²) in [7, 11) is 0. The summed E-state index contributed by atoms with van der Waals surface area (Å²) in [5.41, 5.74) is -0.362. The average molecular weight is 272 g/mol. The van der Waals surface area contributed by atoms with Crippen molar-refractivity contribution >= 4 is 12.0 Å². The van der Waals surface area contributed by atoms with E-state index >= 15 is 0 Å². The molecule has 19 heavy (non-hydrogen) atoms. The molecular weight excluding hydrogens is 248 g/mol. The molecule has 0 bridgehead atoms. The van der Waals surface area contributed by atoms with Gasteiger partial charge in [-0.15, -0.1) is 0 Å². The second kappa shape index (κ2) is 6.75. The number of carbonyl (C=O) groups is 2. The zero-order valence-electron chi connectivity index (χ0n) is 11.9. The first-order valence-corrected chi connectivity index (χ1v) is 6.70. The first kappa shape index (κ1) is 15.8. The van der Waals surface area contributed by atoms with Crippen LogP contribution in [-0.4, -0.2) is 42.4 Å². The molecule has 1 rings (SSSR count). The van der Waals surface area contributed by atoms with Gasteiger partial charge >= 0.3 is 12.0 Å². The molecule has 2 amide bonds. The standard InChI is InChI=1S/C13H24N2O4/c1-9(2)10(11(16)17)7-14-12(18)15-13(3)5-4-6-19-8-13/h9-10H,4-8H2,1-3H3,(H,16,17)(H2,14,15,18). The number of amides is 2. The molecule has 1 heterocycles. The van der Waals surface area contributed by atoms with Crippen LogP contribution in [-0.2, 0) is 9.53 Å². The summed E-state index contributed by atoms with van der Waals surface area (Å²) in [6.45, 7) is 6.95. The molecule has 0 radical (unpaired) electrons. The molecule has 3 N–H and O–H groups in total. The third kappa shape index (κ3) is 5.06. The minimum atomic E-state index is -0.887. The second-order valence-electron chi connectivity index (χ2n) is 5.74. The smallest absolute Gasteiger partial charge is 0.315 e. The van der Waals surface area contributed by atoms with Crippen LogP contribution in [0.15, 0.2) is 0 Å². The van der Waals surface area contributed by atoms with Crippen molar-refractivity contribution in [2.24, 2.45) is 11.8 Å². The van der Waals surface area contributed by atoms with Crippen LogP contribution in [0.5, 0.6) is 0 Å². The summed E-state index contributed by atoms with van der Waals surface area (Å²) in [6, 6.07) is -0.333. The molecule has 1 aliphatic rings. The van der Waals surface area contributed by atoms with Crippen LogP contribution in [0.2, 0.25) is 0 Å². The Morgan fingerprint density at radius 2 is 2.11 bits per heavy atom. The van der Waals surface area contributed by atoms with Crippen LogP contribution in [0, 0.1) is 11.8 Å². The van der Waals surface area contributed by atoms with Crippen molar-refractivity contribution in [3.8, 4) is 0 Å². The van der Waals surface area contributed by atoms with E-state index < -0.39 is 11.9 Å². The minimum absolute atomic E-state index is 0.0219. The van der Waals surface area contributed by atoms with Gasteiger partial charge in [0, 0.05) is 13.2 Å². The van der Waals surface area contributed by atoms with E-state index in [1.54, 1.807) is 0 Å². The SMILES string of the molecule is CC(C)C(CNC(=O)NC1(C)CCCOC1)C(=O)O. The van der Waals surface area contributed by atoms with Crippen molar-refractivity contribution in [3.05, 3.63) is 0 Å². The highest BCUT2D eigenvalue weighted by Crippen LogP contribution is 2.18. The molecule has 0 aliphatic carbocycles. The Hall–Kier alpha value is -1.30. The average Bonchev–Trinajstić information content (AvgIpc) is 2.28. The van der Waals surface area contributed by atoms with Gasteiger partial charge in [0.1, 0.15) is 0 Å². The molecule has 110 valence electrons. The van der Waals surface area contributed by atoms with Crippen molar-refractivity contribution in [1.29, 1.82) is 0 Å². The summed E-state index contributed by atoms with van der Waals surface area (Å²) in [4.78, 5) is 22.8. The lowest BCUT2D eigenvalue weighted by Crippen LogP contribution is -2.55. The minimum Gasteiger partial charge on any atom is -0.481 e.